The molecule has 0 fully saturated rings. The number of furan rings is 1. The van der Waals surface area contributed by atoms with Gasteiger partial charge >= 0.3 is 0 Å². The van der Waals surface area contributed by atoms with Crippen LogP contribution in [-0.2, 0) is 5.41 Å². The van der Waals surface area contributed by atoms with Gasteiger partial charge in [-0.1, -0.05) is 152 Å². The van der Waals surface area contributed by atoms with Crippen molar-refractivity contribution in [2.24, 2.45) is 0 Å². The summed E-state index contributed by atoms with van der Waals surface area (Å²) in [6, 6.07) is 62.1. The summed E-state index contributed by atoms with van der Waals surface area (Å²) in [6.45, 7) is 2.36. The van der Waals surface area contributed by atoms with E-state index < -0.39 is 0 Å². The van der Waals surface area contributed by atoms with Gasteiger partial charge in [-0.05, 0) is 70.1 Å². The lowest BCUT2D eigenvalue weighted by Gasteiger charge is -2.28. The van der Waals surface area contributed by atoms with Crippen molar-refractivity contribution in [2.75, 3.05) is 0 Å². The van der Waals surface area contributed by atoms with Gasteiger partial charge in [-0.2, -0.15) is 0 Å². The van der Waals surface area contributed by atoms with Gasteiger partial charge in [0.25, 0.3) is 0 Å². The maximum atomic E-state index is 6.48. The Hall–Kier alpha value is -6.58. The van der Waals surface area contributed by atoms with Crippen LogP contribution in [0.1, 0.15) is 23.6 Å². The minimum atomic E-state index is -0.241. The van der Waals surface area contributed by atoms with Crippen molar-refractivity contribution in [1.29, 1.82) is 0 Å². The number of fused-ring (bicyclic) bond motifs is 6. The molecular formula is C48H32N2O. The molecule has 0 saturated heterocycles. The number of aromatic nitrogens is 2. The van der Waals surface area contributed by atoms with E-state index >= 15 is 0 Å². The smallest absolute Gasteiger partial charge is 0.160 e. The first-order valence-corrected chi connectivity index (χ1v) is 17.4. The van der Waals surface area contributed by atoms with Crippen molar-refractivity contribution in [3.63, 3.8) is 0 Å². The maximum Gasteiger partial charge on any atom is 0.160 e. The van der Waals surface area contributed by atoms with Crippen LogP contribution in [0.2, 0.25) is 0 Å². The molecule has 0 saturated carbocycles. The molecule has 1 atom stereocenters. The topological polar surface area (TPSA) is 38.9 Å². The van der Waals surface area contributed by atoms with Crippen LogP contribution in [0, 0.1) is 0 Å². The van der Waals surface area contributed by atoms with Crippen LogP contribution in [0.15, 0.2) is 180 Å². The van der Waals surface area contributed by atoms with E-state index in [-0.39, 0.29) is 5.41 Å². The Balaban J connectivity index is 1.17. The van der Waals surface area contributed by atoms with E-state index in [9.17, 15) is 0 Å². The third kappa shape index (κ3) is 4.59. The molecule has 1 aliphatic rings. The van der Waals surface area contributed by atoms with Gasteiger partial charge in [0.15, 0.2) is 5.82 Å². The van der Waals surface area contributed by atoms with Gasteiger partial charge in [-0.15, -0.1) is 0 Å². The van der Waals surface area contributed by atoms with Crippen molar-refractivity contribution >= 4 is 21.9 Å². The molecule has 51 heavy (non-hydrogen) atoms. The predicted octanol–water partition coefficient (Wildman–Crippen LogP) is 12.4. The molecule has 0 N–H and O–H groups in total. The fourth-order valence-corrected chi connectivity index (χ4v) is 8.10. The molecule has 2 aromatic heterocycles. The highest BCUT2D eigenvalue weighted by molar-refractivity contribution is 6.09. The van der Waals surface area contributed by atoms with Crippen molar-refractivity contribution < 1.29 is 4.42 Å². The second kappa shape index (κ2) is 11.5. The van der Waals surface area contributed by atoms with Crippen molar-refractivity contribution in [2.45, 2.75) is 12.3 Å². The summed E-state index contributed by atoms with van der Waals surface area (Å²) in [4.78, 5) is 10.4. The molecule has 1 aliphatic carbocycles. The zero-order valence-corrected chi connectivity index (χ0v) is 28.0. The first kappa shape index (κ1) is 29.3. The average molecular weight is 653 g/mol. The summed E-state index contributed by atoms with van der Waals surface area (Å²) >= 11 is 0. The lowest BCUT2D eigenvalue weighted by molar-refractivity contribution is 0.670. The summed E-state index contributed by atoms with van der Waals surface area (Å²) in [6.07, 6.45) is 0. The van der Waals surface area contributed by atoms with Crippen LogP contribution in [0.4, 0.5) is 0 Å². The lowest BCUT2D eigenvalue weighted by Crippen LogP contribution is -2.22. The lowest BCUT2D eigenvalue weighted by atomic mass is 9.74. The molecule has 0 bridgehead atoms. The van der Waals surface area contributed by atoms with Crippen LogP contribution in [-0.4, -0.2) is 9.97 Å². The van der Waals surface area contributed by atoms with Crippen LogP contribution >= 0.6 is 0 Å². The molecule has 1 unspecified atom stereocenters. The van der Waals surface area contributed by atoms with Crippen LogP contribution in [0.3, 0.4) is 0 Å². The van der Waals surface area contributed by atoms with Crippen LogP contribution < -0.4 is 0 Å². The molecule has 0 aliphatic heterocycles. The highest BCUT2D eigenvalue weighted by Crippen LogP contribution is 2.53. The Kier molecular flexibility index (Phi) is 6.62. The van der Waals surface area contributed by atoms with Gasteiger partial charge in [0, 0.05) is 32.9 Å². The van der Waals surface area contributed by atoms with E-state index in [0.717, 1.165) is 61.1 Å². The SMILES string of the molecule is CC1(c2ccccc2)c2ccccc2-c2cc(-c3ccccc3-c3cc(-c4cccc5c4oc4ccccc45)nc(-c4ccccc4)n3)ccc21. The number of para-hydroxylation sites is 2. The molecule has 0 spiro atoms. The third-order valence-corrected chi connectivity index (χ3v) is 10.6. The van der Waals surface area contributed by atoms with Gasteiger partial charge < -0.3 is 4.42 Å². The first-order valence-electron chi connectivity index (χ1n) is 17.4. The Morgan fingerprint density at radius 2 is 1.04 bits per heavy atom. The van der Waals surface area contributed by atoms with E-state index in [1.807, 2.05) is 30.3 Å². The Morgan fingerprint density at radius 1 is 0.431 bits per heavy atom. The average Bonchev–Trinajstić information content (AvgIpc) is 3.72. The first-order chi connectivity index (χ1) is 25.2. The van der Waals surface area contributed by atoms with Crippen LogP contribution in [0.5, 0.6) is 0 Å². The Labute approximate surface area is 296 Å². The zero-order valence-electron chi connectivity index (χ0n) is 28.0. The Bertz CT molecular complexity index is 2760. The zero-order chi connectivity index (χ0) is 33.9. The molecule has 0 radical (unpaired) electrons. The van der Waals surface area contributed by atoms with Crippen molar-refractivity contribution in [3.8, 4) is 56.2 Å². The molecule has 7 aromatic carbocycles. The molecule has 10 rings (SSSR count). The highest BCUT2D eigenvalue weighted by Gasteiger charge is 2.40. The fraction of sp³-hybridized carbons (Fsp3) is 0.0417. The van der Waals surface area contributed by atoms with Gasteiger partial charge in [-0.3, -0.25) is 0 Å². The number of hydrogen-bond acceptors (Lipinski definition) is 3. The van der Waals surface area contributed by atoms with Crippen molar-refractivity contribution in [3.05, 3.63) is 193 Å². The standard InChI is InChI=1S/C48H32N2O/c1-48(33-17-6-3-7-18-33)41-25-12-10-20-35(41)40-29-32(27-28-42(40)48)34-19-8-9-21-36(34)43-30-44(50-47(49-43)31-15-4-2-5-16-31)39-24-14-23-38-37-22-11-13-26-45(37)51-46(38)39/h2-30H,1H3. The number of benzene rings is 7. The number of nitrogens with zero attached hydrogens (tertiary/aromatic N) is 2. The molecule has 0 amide bonds. The van der Waals surface area contributed by atoms with E-state index in [1.54, 1.807) is 0 Å². The van der Waals surface area contributed by atoms with E-state index in [4.69, 9.17) is 14.4 Å². The monoisotopic (exact) mass is 652 g/mol. The maximum absolute atomic E-state index is 6.48. The summed E-state index contributed by atoms with van der Waals surface area (Å²) in [7, 11) is 0. The molecule has 240 valence electrons. The molecule has 9 aromatic rings. The highest BCUT2D eigenvalue weighted by atomic mass is 16.3. The van der Waals surface area contributed by atoms with Crippen molar-refractivity contribution in [1.82, 2.24) is 9.97 Å². The van der Waals surface area contributed by atoms with Crippen LogP contribution in [0.25, 0.3) is 78.1 Å². The molecular weight excluding hydrogens is 621 g/mol. The van der Waals surface area contributed by atoms with E-state index in [0.29, 0.717) is 5.82 Å². The predicted molar refractivity (Wildman–Crippen MR) is 208 cm³/mol. The van der Waals surface area contributed by atoms with E-state index in [2.05, 4.69) is 153 Å². The summed E-state index contributed by atoms with van der Waals surface area (Å²) in [5.74, 6) is 0.674. The minimum absolute atomic E-state index is 0.241. The number of rotatable bonds is 5. The fourth-order valence-electron chi connectivity index (χ4n) is 8.10. The second-order valence-corrected chi connectivity index (χ2v) is 13.5. The third-order valence-electron chi connectivity index (χ3n) is 10.6. The largest absolute Gasteiger partial charge is 0.455 e. The molecule has 2 heterocycles. The normalized spacial score (nSPS) is 14.8. The molecule has 3 nitrogen and oxygen atoms in total. The summed E-state index contributed by atoms with van der Waals surface area (Å²) in [5.41, 5.74) is 14.9. The number of hydrogen-bond donors (Lipinski definition) is 0. The minimum Gasteiger partial charge on any atom is -0.455 e. The van der Waals surface area contributed by atoms with Gasteiger partial charge in [0.1, 0.15) is 11.2 Å². The quantitative estimate of drug-likeness (QED) is 0.186. The second-order valence-electron chi connectivity index (χ2n) is 13.5. The Morgan fingerprint density at radius 3 is 1.86 bits per heavy atom. The van der Waals surface area contributed by atoms with Gasteiger partial charge in [0.2, 0.25) is 0 Å². The van der Waals surface area contributed by atoms with Gasteiger partial charge in [0.05, 0.1) is 11.4 Å². The van der Waals surface area contributed by atoms with Gasteiger partial charge in [-0.25, -0.2) is 9.97 Å². The van der Waals surface area contributed by atoms with E-state index in [1.165, 1.54) is 27.8 Å². The summed E-state index contributed by atoms with van der Waals surface area (Å²) in [5, 5.41) is 2.17. The summed E-state index contributed by atoms with van der Waals surface area (Å²) < 4.78 is 6.48. The molecule has 3 heteroatoms.